The number of halogens is 1. The minimum absolute atomic E-state index is 0.347. The van der Waals surface area contributed by atoms with Crippen molar-refractivity contribution in [1.82, 2.24) is 4.72 Å². The van der Waals surface area contributed by atoms with Crippen LogP contribution in [0.3, 0.4) is 0 Å². The summed E-state index contributed by atoms with van der Waals surface area (Å²) in [7, 11) is -3.57. The van der Waals surface area contributed by atoms with Crippen molar-refractivity contribution in [2.75, 3.05) is 17.6 Å². The molecule has 1 amide bonds. The minimum Gasteiger partial charge on any atom is -0.326 e. The molecule has 0 aliphatic rings. The molecule has 0 aliphatic carbocycles. The van der Waals surface area contributed by atoms with Crippen LogP contribution >= 0.6 is 11.6 Å². The number of hydrogen-bond donors (Lipinski definition) is 2. The molecule has 0 spiro atoms. The van der Waals surface area contributed by atoms with Gasteiger partial charge in [0, 0.05) is 22.7 Å². The van der Waals surface area contributed by atoms with Gasteiger partial charge in [-0.3, -0.25) is 9.59 Å². The van der Waals surface area contributed by atoms with Crippen molar-refractivity contribution in [3.05, 3.63) is 29.3 Å². The second kappa shape index (κ2) is 9.31. The molecule has 0 atom stereocenters. The highest BCUT2D eigenvalue weighted by atomic mass is 35.5. The summed E-state index contributed by atoms with van der Waals surface area (Å²) in [5, 5.41) is 3.13. The number of anilines is 1. The molecule has 8 heteroatoms. The first kappa shape index (κ1) is 21.6. The molecule has 1 aromatic rings. The molecule has 0 saturated heterocycles. The van der Waals surface area contributed by atoms with Crippen LogP contribution in [-0.4, -0.2) is 32.4 Å². The molecule has 1 aromatic carbocycles. The quantitative estimate of drug-likeness (QED) is 0.476. The molecule has 0 radical (unpaired) electrons. The summed E-state index contributed by atoms with van der Waals surface area (Å²) < 4.78 is 26.6. The fourth-order valence-electron chi connectivity index (χ4n) is 2.13. The van der Waals surface area contributed by atoms with Crippen LogP contribution in [0.25, 0.3) is 0 Å². The van der Waals surface area contributed by atoms with E-state index < -0.39 is 27.1 Å². The van der Waals surface area contributed by atoms with Crippen molar-refractivity contribution in [3.8, 4) is 0 Å². The van der Waals surface area contributed by atoms with Gasteiger partial charge in [-0.2, -0.15) is 0 Å². The molecule has 0 aliphatic heterocycles. The zero-order chi connectivity index (χ0) is 19.1. The van der Waals surface area contributed by atoms with Gasteiger partial charge in [0.05, 0.1) is 12.2 Å². The van der Waals surface area contributed by atoms with E-state index in [0.29, 0.717) is 17.3 Å². The predicted molar refractivity (Wildman–Crippen MR) is 100 cm³/mol. The van der Waals surface area contributed by atoms with Crippen LogP contribution in [-0.2, 0) is 19.6 Å². The molecular weight excluding hydrogens is 364 g/mol. The van der Waals surface area contributed by atoms with Crippen molar-refractivity contribution in [3.63, 3.8) is 0 Å². The van der Waals surface area contributed by atoms with E-state index in [1.54, 1.807) is 24.3 Å². The van der Waals surface area contributed by atoms with E-state index in [1.807, 2.05) is 6.92 Å². The van der Waals surface area contributed by atoms with Gasteiger partial charge in [0.1, 0.15) is 5.78 Å². The maximum Gasteiger partial charge on any atom is 0.231 e. The lowest BCUT2D eigenvalue weighted by atomic mass is 9.88. The van der Waals surface area contributed by atoms with Gasteiger partial charge in [-0.05, 0) is 30.7 Å². The number of hydrogen-bond acceptors (Lipinski definition) is 4. The smallest absolute Gasteiger partial charge is 0.231 e. The van der Waals surface area contributed by atoms with Crippen LogP contribution in [0.5, 0.6) is 0 Å². The van der Waals surface area contributed by atoms with Crippen molar-refractivity contribution < 1.29 is 18.0 Å². The van der Waals surface area contributed by atoms with Crippen LogP contribution in [0.15, 0.2) is 24.3 Å². The van der Waals surface area contributed by atoms with Crippen LogP contribution in [0, 0.1) is 5.41 Å². The highest BCUT2D eigenvalue weighted by molar-refractivity contribution is 7.89. The SMILES string of the molecule is CCCCNS(=O)(=O)CC(C)(C)C(=O)CC(=O)Nc1ccc(Cl)cc1. The third-order valence-electron chi connectivity index (χ3n) is 3.61. The first-order chi connectivity index (χ1) is 11.6. The number of sulfonamides is 1. The second-order valence-electron chi connectivity index (χ2n) is 6.55. The molecule has 1 rings (SSSR count). The summed E-state index contributed by atoms with van der Waals surface area (Å²) in [4.78, 5) is 24.4. The third-order valence-corrected chi connectivity index (χ3v) is 5.60. The van der Waals surface area contributed by atoms with Gasteiger partial charge in [0.15, 0.2) is 0 Å². The molecule has 0 heterocycles. The lowest BCUT2D eigenvalue weighted by Crippen LogP contribution is -2.39. The molecule has 0 aromatic heterocycles. The Morgan fingerprint density at radius 1 is 1.16 bits per heavy atom. The highest BCUT2D eigenvalue weighted by Crippen LogP contribution is 2.21. The summed E-state index contributed by atoms with van der Waals surface area (Å²) in [6, 6.07) is 6.49. The van der Waals surface area contributed by atoms with Crippen LogP contribution in [0.2, 0.25) is 5.02 Å². The molecule has 25 heavy (non-hydrogen) atoms. The topological polar surface area (TPSA) is 92.3 Å². The average Bonchev–Trinajstić information content (AvgIpc) is 2.48. The van der Waals surface area contributed by atoms with E-state index in [-0.39, 0.29) is 12.2 Å². The Hall–Kier alpha value is -1.44. The molecule has 140 valence electrons. The maximum atomic E-state index is 12.4. The van der Waals surface area contributed by atoms with E-state index in [0.717, 1.165) is 12.8 Å². The zero-order valence-corrected chi connectivity index (χ0v) is 16.3. The van der Waals surface area contributed by atoms with Gasteiger partial charge < -0.3 is 5.32 Å². The Morgan fingerprint density at radius 3 is 2.32 bits per heavy atom. The van der Waals surface area contributed by atoms with Gasteiger partial charge in [-0.25, -0.2) is 13.1 Å². The predicted octanol–water partition coefficient (Wildman–Crippen LogP) is 2.98. The van der Waals surface area contributed by atoms with Gasteiger partial charge in [0.2, 0.25) is 15.9 Å². The normalized spacial score (nSPS) is 12.0. The van der Waals surface area contributed by atoms with Crippen molar-refractivity contribution in [2.24, 2.45) is 5.41 Å². The zero-order valence-electron chi connectivity index (χ0n) is 14.8. The van der Waals surface area contributed by atoms with Crippen LogP contribution < -0.4 is 10.0 Å². The molecular formula is C17H25ClN2O4S. The van der Waals surface area contributed by atoms with E-state index >= 15 is 0 Å². The Bertz CT molecular complexity index is 700. The first-order valence-electron chi connectivity index (χ1n) is 8.12. The van der Waals surface area contributed by atoms with E-state index in [2.05, 4.69) is 10.0 Å². The standard InChI is InChI=1S/C17H25ClN2O4S/c1-4-5-10-19-25(23,24)12-17(2,3)15(21)11-16(22)20-14-8-6-13(18)7-9-14/h6-9,19H,4-5,10-12H2,1-3H3,(H,20,22). The minimum atomic E-state index is -3.57. The number of unbranched alkanes of at least 4 members (excludes halogenated alkanes) is 1. The third kappa shape index (κ3) is 7.98. The number of benzene rings is 1. The summed E-state index contributed by atoms with van der Waals surface area (Å²) in [5.74, 6) is -1.27. The Balaban J connectivity index is 2.61. The lowest BCUT2D eigenvalue weighted by Gasteiger charge is -2.22. The van der Waals surface area contributed by atoms with Crippen molar-refractivity contribution in [2.45, 2.75) is 40.0 Å². The highest BCUT2D eigenvalue weighted by Gasteiger charge is 2.34. The second-order valence-corrected chi connectivity index (χ2v) is 8.79. The van der Waals surface area contributed by atoms with Gasteiger partial charge in [-0.15, -0.1) is 0 Å². The maximum absolute atomic E-state index is 12.4. The van der Waals surface area contributed by atoms with Crippen LogP contribution in [0.1, 0.15) is 40.0 Å². The summed E-state index contributed by atoms with van der Waals surface area (Å²) >= 11 is 5.77. The van der Waals surface area contributed by atoms with Gasteiger partial charge in [0.25, 0.3) is 0 Å². The molecule has 0 fully saturated rings. The number of ketones is 1. The number of rotatable bonds is 10. The number of Topliss-reactive ketones (excluding diaryl/α,β-unsaturated/α-hetero) is 1. The average molecular weight is 389 g/mol. The molecule has 0 saturated carbocycles. The number of nitrogens with one attached hydrogen (secondary N) is 2. The fraction of sp³-hybridized carbons (Fsp3) is 0.529. The fourth-order valence-corrected chi connectivity index (χ4v) is 3.93. The Labute approximate surface area is 154 Å². The summed E-state index contributed by atoms with van der Waals surface area (Å²) in [6.45, 7) is 5.37. The van der Waals surface area contributed by atoms with Crippen molar-refractivity contribution in [1.29, 1.82) is 0 Å². The van der Waals surface area contributed by atoms with E-state index in [1.165, 1.54) is 13.8 Å². The van der Waals surface area contributed by atoms with Gasteiger partial charge in [-0.1, -0.05) is 38.8 Å². The lowest BCUT2D eigenvalue weighted by molar-refractivity contribution is -0.130. The molecule has 0 bridgehead atoms. The monoisotopic (exact) mass is 388 g/mol. The van der Waals surface area contributed by atoms with Crippen LogP contribution in [0.4, 0.5) is 5.69 Å². The number of carbonyl (C=O) groups excluding carboxylic acids is 2. The number of amides is 1. The number of carbonyl (C=O) groups is 2. The van der Waals surface area contributed by atoms with E-state index in [4.69, 9.17) is 11.6 Å². The van der Waals surface area contributed by atoms with Gasteiger partial charge >= 0.3 is 0 Å². The Kier molecular flexibility index (Phi) is 8.05. The molecule has 2 N–H and O–H groups in total. The first-order valence-corrected chi connectivity index (χ1v) is 10.1. The molecule has 6 nitrogen and oxygen atoms in total. The Morgan fingerprint density at radius 2 is 1.76 bits per heavy atom. The summed E-state index contributed by atoms with van der Waals surface area (Å²) in [6.07, 6.45) is 1.22. The van der Waals surface area contributed by atoms with Crippen molar-refractivity contribution >= 4 is 39.0 Å². The van der Waals surface area contributed by atoms with E-state index in [9.17, 15) is 18.0 Å². The summed E-state index contributed by atoms with van der Waals surface area (Å²) in [5.41, 5.74) is -0.635. The molecule has 0 unspecified atom stereocenters. The largest absolute Gasteiger partial charge is 0.326 e.